The number of nitrogens with one attached hydrogen (secondary N) is 1. The quantitative estimate of drug-likeness (QED) is 0.903. The summed E-state index contributed by atoms with van der Waals surface area (Å²) in [5.74, 6) is 1.10. The molecule has 1 amide bonds. The Hall–Kier alpha value is -2.30. The third-order valence-corrected chi connectivity index (χ3v) is 3.72. The number of hydrogen-bond donors (Lipinski definition) is 1. The van der Waals surface area contributed by atoms with E-state index in [9.17, 15) is 4.79 Å². The number of anilines is 1. The molecule has 0 spiro atoms. The maximum atomic E-state index is 12.4. The van der Waals surface area contributed by atoms with Crippen LogP contribution in [0.3, 0.4) is 0 Å². The van der Waals surface area contributed by atoms with E-state index in [0.29, 0.717) is 0 Å². The maximum absolute atomic E-state index is 12.4. The van der Waals surface area contributed by atoms with Crippen LogP contribution in [0.25, 0.3) is 0 Å². The number of rotatable bonds is 2. The fourth-order valence-corrected chi connectivity index (χ4v) is 2.53. The Morgan fingerprint density at radius 3 is 2.60 bits per heavy atom. The standard InChI is InChI=1S/C15H18N4O/c1-12-13(5-7-16-12)15(20)19-10-8-18(9-11-19)14-4-2-3-6-17-14/h2-7,16H,8-11H2,1H3. The van der Waals surface area contributed by atoms with Crippen molar-refractivity contribution in [3.05, 3.63) is 47.9 Å². The number of aromatic nitrogens is 2. The summed E-state index contributed by atoms with van der Waals surface area (Å²) < 4.78 is 0. The lowest BCUT2D eigenvalue weighted by molar-refractivity contribution is 0.0746. The summed E-state index contributed by atoms with van der Waals surface area (Å²) >= 11 is 0. The predicted octanol–water partition coefficient (Wildman–Crippen LogP) is 1.68. The van der Waals surface area contributed by atoms with E-state index in [2.05, 4.69) is 14.9 Å². The molecule has 0 atom stereocenters. The van der Waals surface area contributed by atoms with Gasteiger partial charge in [0.25, 0.3) is 5.91 Å². The van der Waals surface area contributed by atoms with Crippen LogP contribution in [0.5, 0.6) is 0 Å². The Morgan fingerprint density at radius 2 is 2.00 bits per heavy atom. The second-order valence-corrected chi connectivity index (χ2v) is 4.98. The number of hydrogen-bond acceptors (Lipinski definition) is 3. The summed E-state index contributed by atoms with van der Waals surface area (Å²) in [6.45, 7) is 5.05. The molecule has 20 heavy (non-hydrogen) atoms. The molecule has 1 fully saturated rings. The first kappa shape index (κ1) is 12.7. The van der Waals surface area contributed by atoms with Crippen LogP contribution in [0, 0.1) is 6.92 Å². The van der Waals surface area contributed by atoms with Crippen LogP contribution in [0.1, 0.15) is 16.1 Å². The van der Waals surface area contributed by atoms with Crippen molar-refractivity contribution in [1.82, 2.24) is 14.9 Å². The van der Waals surface area contributed by atoms with Gasteiger partial charge in [-0.15, -0.1) is 0 Å². The van der Waals surface area contributed by atoms with Crippen LogP contribution in [-0.2, 0) is 0 Å². The first-order valence-electron chi connectivity index (χ1n) is 6.85. The summed E-state index contributed by atoms with van der Waals surface area (Å²) in [5.41, 5.74) is 1.71. The van der Waals surface area contributed by atoms with E-state index < -0.39 is 0 Å². The molecular weight excluding hydrogens is 252 g/mol. The van der Waals surface area contributed by atoms with Crippen molar-refractivity contribution in [1.29, 1.82) is 0 Å². The highest BCUT2D eigenvalue weighted by Gasteiger charge is 2.23. The third-order valence-electron chi connectivity index (χ3n) is 3.72. The number of nitrogens with zero attached hydrogens (tertiary/aromatic N) is 3. The van der Waals surface area contributed by atoms with E-state index in [4.69, 9.17) is 0 Å². The third kappa shape index (κ3) is 2.39. The first-order valence-corrected chi connectivity index (χ1v) is 6.85. The fraction of sp³-hybridized carbons (Fsp3) is 0.333. The molecule has 2 aromatic rings. The summed E-state index contributed by atoms with van der Waals surface area (Å²) in [5, 5.41) is 0. The topological polar surface area (TPSA) is 52.2 Å². The van der Waals surface area contributed by atoms with E-state index in [1.807, 2.05) is 42.3 Å². The average Bonchev–Trinajstić information content (AvgIpc) is 2.94. The van der Waals surface area contributed by atoms with Gasteiger partial charge in [-0.1, -0.05) is 6.07 Å². The van der Waals surface area contributed by atoms with Gasteiger partial charge in [0.2, 0.25) is 0 Å². The van der Waals surface area contributed by atoms with Gasteiger partial charge in [-0.3, -0.25) is 4.79 Å². The highest BCUT2D eigenvalue weighted by Crippen LogP contribution is 2.15. The molecule has 104 valence electrons. The van der Waals surface area contributed by atoms with Crippen molar-refractivity contribution in [2.75, 3.05) is 31.1 Å². The summed E-state index contributed by atoms with van der Waals surface area (Å²) in [6.07, 6.45) is 3.61. The van der Waals surface area contributed by atoms with Gasteiger partial charge in [-0.05, 0) is 25.1 Å². The second-order valence-electron chi connectivity index (χ2n) is 4.98. The van der Waals surface area contributed by atoms with Crippen LogP contribution in [0.4, 0.5) is 5.82 Å². The van der Waals surface area contributed by atoms with Gasteiger partial charge < -0.3 is 14.8 Å². The Bertz CT molecular complexity index is 585. The van der Waals surface area contributed by atoms with Crippen molar-refractivity contribution in [3.63, 3.8) is 0 Å². The highest BCUT2D eigenvalue weighted by molar-refractivity contribution is 5.95. The lowest BCUT2D eigenvalue weighted by Gasteiger charge is -2.35. The summed E-state index contributed by atoms with van der Waals surface area (Å²) in [6, 6.07) is 7.76. The van der Waals surface area contributed by atoms with Crippen LogP contribution < -0.4 is 4.90 Å². The number of carbonyl (C=O) groups excluding carboxylic acids is 1. The zero-order valence-electron chi connectivity index (χ0n) is 11.5. The number of aromatic amines is 1. The minimum absolute atomic E-state index is 0.115. The van der Waals surface area contributed by atoms with Crippen molar-refractivity contribution in [3.8, 4) is 0 Å². The van der Waals surface area contributed by atoms with Crippen LogP contribution in [-0.4, -0.2) is 47.0 Å². The van der Waals surface area contributed by atoms with E-state index >= 15 is 0 Å². The molecule has 0 unspecified atom stereocenters. The Kier molecular flexibility index (Phi) is 3.41. The molecule has 3 heterocycles. The van der Waals surface area contributed by atoms with Gasteiger partial charge in [-0.25, -0.2) is 4.98 Å². The molecule has 1 aliphatic rings. The molecule has 2 aromatic heterocycles. The lowest BCUT2D eigenvalue weighted by atomic mass is 10.2. The molecule has 0 aliphatic carbocycles. The number of carbonyl (C=O) groups is 1. The minimum atomic E-state index is 0.115. The Morgan fingerprint density at radius 1 is 1.20 bits per heavy atom. The van der Waals surface area contributed by atoms with E-state index in [-0.39, 0.29) is 5.91 Å². The molecule has 5 nitrogen and oxygen atoms in total. The number of aryl methyl sites for hydroxylation is 1. The van der Waals surface area contributed by atoms with Crippen molar-refractivity contribution >= 4 is 11.7 Å². The SMILES string of the molecule is Cc1[nH]ccc1C(=O)N1CCN(c2ccccn2)CC1. The largest absolute Gasteiger partial charge is 0.365 e. The van der Waals surface area contributed by atoms with Crippen molar-refractivity contribution in [2.24, 2.45) is 0 Å². The van der Waals surface area contributed by atoms with Gasteiger partial charge in [0.05, 0.1) is 5.56 Å². The normalized spacial score (nSPS) is 15.4. The van der Waals surface area contributed by atoms with Gasteiger partial charge >= 0.3 is 0 Å². The van der Waals surface area contributed by atoms with Gasteiger partial charge in [0.1, 0.15) is 5.82 Å². The Labute approximate surface area is 118 Å². The Balaban J connectivity index is 1.64. The number of H-pyrrole nitrogens is 1. The van der Waals surface area contributed by atoms with Crippen LogP contribution >= 0.6 is 0 Å². The number of piperazine rings is 1. The van der Waals surface area contributed by atoms with Crippen molar-refractivity contribution < 1.29 is 4.79 Å². The van der Waals surface area contributed by atoms with E-state index in [0.717, 1.165) is 43.3 Å². The zero-order valence-corrected chi connectivity index (χ0v) is 11.5. The molecule has 0 radical (unpaired) electrons. The highest BCUT2D eigenvalue weighted by atomic mass is 16.2. The summed E-state index contributed by atoms with van der Waals surface area (Å²) in [7, 11) is 0. The molecule has 0 bridgehead atoms. The minimum Gasteiger partial charge on any atom is -0.365 e. The van der Waals surface area contributed by atoms with Gasteiger partial charge in [-0.2, -0.15) is 0 Å². The second kappa shape index (κ2) is 5.36. The zero-order chi connectivity index (χ0) is 13.9. The molecule has 1 aliphatic heterocycles. The molecular formula is C15H18N4O. The first-order chi connectivity index (χ1) is 9.75. The average molecular weight is 270 g/mol. The predicted molar refractivity (Wildman–Crippen MR) is 77.9 cm³/mol. The number of pyridine rings is 1. The molecule has 0 aromatic carbocycles. The maximum Gasteiger partial charge on any atom is 0.255 e. The molecule has 1 saturated heterocycles. The van der Waals surface area contributed by atoms with Crippen LogP contribution in [0.2, 0.25) is 0 Å². The molecule has 5 heteroatoms. The van der Waals surface area contributed by atoms with E-state index in [1.54, 1.807) is 6.20 Å². The van der Waals surface area contributed by atoms with Crippen molar-refractivity contribution in [2.45, 2.75) is 6.92 Å². The smallest absolute Gasteiger partial charge is 0.255 e. The fourth-order valence-electron chi connectivity index (χ4n) is 2.53. The van der Waals surface area contributed by atoms with Gasteiger partial charge in [0, 0.05) is 44.3 Å². The summed E-state index contributed by atoms with van der Waals surface area (Å²) in [4.78, 5) is 23.9. The van der Waals surface area contributed by atoms with E-state index in [1.165, 1.54) is 0 Å². The molecule has 0 saturated carbocycles. The van der Waals surface area contributed by atoms with Gasteiger partial charge in [0.15, 0.2) is 0 Å². The monoisotopic (exact) mass is 270 g/mol. The lowest BCUT2D eigenvalue weighted by Crippen LogP contribution is -2.49. The van der Waals surface area contributed by atoms with Crippen LogP contribution in [0.15, 0.2) is 36.7 Å². The number of amides is 1. The molecule has 3 rings (SSSR count). The molecule has 1 N–H and O–H groups in total.